The van der Waals surface area contributed by atoms with Crippen molar-refractivity contribution in [3.8, 4) is 89.0 Å². The fourth-order valence-electron chi connectivity index (χ4n) is 10.6. The average Bonchev–Trinajstić information content (AvgIpc) is 3.33. The molecular weight excluding hydrogens is 829 g/mol. The summed E-state index contributed by atoms with van der Waals surface area (Å²) in [6.07, 6.45) is 0.767. The molecule has 0 heterocycles. The Morgan fingerprint density at radius 2 is 0.333 bits per heavy atom. The van der Waals surface area contributed by atoms with Gasteiger partial charge in [-0.2, -0.15) is 0 Å². The van der Waals surface area contributed by atoms with Crippen LogP contribution < -0.4 is 0 Å². The summed E-state index contributed by atoms with van der Waals surface area (Å²) in [5, 5.41) is 0. The van der Waals surface area contributed by atoms with Crippen LogP contribution in [0.3, 0.4) is 0 Å². The normalized spacial score (nSPS) is 11.2. The van der Waals surface area contributed by atoms with Crippen LogP contribution in [0.4, 0.5) is 0 Å². The van der Waals surface area contributed by atoms with E-state index in [1.54, 1.807) is 0 Å². The number of hydrogen-bond donors (Lipinski definition) is 0. The lowest BCUT2D eigenvalue weighted by molar-refractivity contribution is 1.20. The Balaban J connectivity index is 1.12. The minimum atomic E-state index is 0.767. The first-order chi connectivity index (χ1) is 33.3. The van der Waals surface area contributed by atoms with E-state index in [9.17, 15) is 0 Å². The number of benzene rings is 10. The molecule has 0 aromatic heterocycles. The van der Waals surface area contributed by atoms with Crippen LogP contribution in [0.5, 0.6) is 0 Å². The second-order valence-electron chi connectivity index (χ2n) is 19.8. The van der Waals surface area contributed by atoms with Gasteiger partial charge in [0.2, 0.25) is 0 Å². The van der Waals surface area contributed by atoms with Gasteiger partial charge in [-0.05, 0) is 198 Å². The number of aryl methyl sites for hydroxylation is 8. The van der Waals surface area contributed by atoms with E-state index in [0.29, 0.717) is 0 Å². The van der Waals surface area contributed by atoms with Crippen LogP contribution in [0.25, 0.3) is 89.0 Å². The van der Waals surface area contributed by atoms with Gasteiger partial charge in [0.1, 0.15) is 0 Å². The zero-order valence-electron chi connectivity index (χ0n) is 41.3. The van der Waals surface area contributed by atoms with Gasteiger partial charge in [0.25, 0.3) is 0 Å². The van der Waals surface area contributed by atoms with Crippen LogP contribution in [0.2, 0.25) is 0 Å². The van der Waals surface area contributed by atoms with E-state index < -0.39 is 0 Å². The zero-order chi connectivity index (χ0) is 47.8. The summed E-state index contributed by atoms with van der Waals surface area (Å²) in [6.45, 7) is 17.5. The van der Waals surface area contributed by atoms with Crippen molar-refractivity contribution in [2.24, 2.45) is 0 Å². The van der Waals surface area contributed by atoms with E-state index in [-0.39, 0.29) is 0 Å². The highest BCUT2D eigenvalue weighted by Crippen LogP contribution is 2.38. The molecule has 0 bridgehead atoms. The third-order valence-corrected chi connectivity index (χ3v) is 13.4. The highest BCUT2D eigenvalue weighted by atomic mass is 14.2. The molecule has 336 valence electrons. The number of hydrogen-bond acceptors (Lipinski definition) is 0. The van der Waals surface area contributed by atoms with Crippen molar-refractivity contribution in [2.45, 2.75) is 61.8 Å². The molecule has 0 radical (unpaired) electrons. The monoisotopic (exact) mass is 888 g/mol. The molecule has 0 unspecified atom stereocenters. The molecule has 10 aromatic carbocycles. The maximum Gasteiger partial charge on any atom is -0.00249 e. The molecule has 0 N–H and O–H groups in total. The van der Waals surface area contributed by atoms with Gasteiger partial charge in [0, 0.05) is 0 Å². The van der Waals surface area contributed by atoms with E-state index >= 15 is 0 Å². The van der Waals surface area contributed by atoms with Crippen molar-refractivity contribution in [3.05, 3.63) is 262 Å². The van der Waals surface area contributed by atoms with Gasteiger partial charge in [-0.25, -0.2) is 0 Å². The Morgan fingerprint density at radius 1 is 0.174 bits per heavy atom. The highest BCUT2D eigenvalue weighted by Gasteiger charge is 2.14. The molecule has 0 heteroatoms. The Bertz CT molecular complexity index is 3020. The minimum absolute atomic E-state index is 0.767. The summed E-state index contributed by atoms with van der Waals surface area (Å²) in [5.41, 5.74) is 32.4. The number of rotatable bonds is 10. The van der Waals surface area contributed by atoms with Gasteiger partial charge in [-0.15, -0.1) is 0 Å². The molecule has 0 saturated heterocycles. The molecule has 0 spiro atoms. The van der Waals surface area contributed by atoms with Gasteiger partial charge in [0.05, 0.1) is 0 Å². The van der Waals surface area contributed by atoms with Crippen molar-refractivity contribution in [3.63, 3.8) is 0 Å². The zero-order valence-corrected chi connectivity index (χ0v) is 41.3. The summed E-state index contributed by atoms with van der Waals surface area (Å²) in [6, 6.07) is 78.2. The van der Waals surface area contributed by atoms with Crippen LogP contribution in [-0.4, -0.2) is 0 Å². The fraction of sp³-hybridized carbons (Fsp3) is 0.130. The van der Waals surface area contributed by atoms with Crippen molar-refractivity contribution >= 4 is 0 Å². The van der Waals surface area contributed by atoms with Crippen molar-refractivity contribution < 1.29 is 0 Å². The van der Waals surface area contributed by atoms with Crippen molar-refractivity contribution in [1.82, 2.24) is 0 Å². The third kappa shape index (κ3) is 10.4. The second kappa shape index (κ2) is 19.1. The maximum absolute atomic E-state index is 2.42. The molecule has 0 fully saturated rings. The SMILES string of the molecule is Cc1cc(C)cc(-c2cccc(-c3cc(Cc4cc(-c5cccc(-c6cc(C)cc(C)c6)c5)cc(-c5cccc(-c6cc(C)cc(C)c6)c5)c4)cc(-c4cccc(-c5cc(C)cc(C)c5)c4)c3)c2)c1. The topological polar surface area (TPSA) is 0 Å². The third-order valence-electron chi connectivity index (χ3n) is 13.4. The first-order valence-corrected chi connectivity index (χ1v) is 24.4. The Labute approximate surface area is 410 Å². The van der Waals surface area contributed by atoms with Crippen LogP contribution in [0.15, 0.2) is 206 Å². The van der Waals surface area contributed by atoms with Crippen molar-refractivity contribution in [1.29, 1.82) is 0 Å². The fourth-order valence-corrected chi connectivity index (χ4v) is 10.6. The van der Waals surface area contributed by atoms with Crippen LogP contribution >= 0.6 is 0 Å². The molecule has 10 aromatic rings. The molecule has 0 nitrogen and oxygen atoms in total. The highest BCUT2D eigenvalue weighted by molar-refractivity contribution is 5.83. The van der Waals surface area contributed by atoms with Gasteiger partial charge < -0.3 is 0 Å². The molecule has 0 amide bonds. The second-order valence-corrected chi connectivity index (χ2v) is 19.8. The lowest BCUT2D eigenvalue weighted by atomic mass is 9.89. The lowest BCUT2D eigenvalue weighted by Crippen LogP contribution is -1.95. The molecule has 69 heavy (non-hydrogen) atoms. The Kier molecular flexibility index (Phi) is 12.4. The summed E-state index contributed by atoms with van der Waals surface area (Å²) < 4.78 is 0. The van der Waals surface area contributed by atoms with Crippen LogP contribution in [0.1, 0.15) is 55.6 Å². The largest absolute Gasteiger partial charge is 0.0610 e. The molecule has 10 rings (SSSR count). The molecule has 0 aliphatic carbocycles. The van der Waals surface area contributed by atoms with Gasteiger partial charge >= 0.3 is 0 Å². The quantitative estimate of drug-likeness (QED) is 0.128. The predicted octanol–water partition coefficient (Wildman–Crippen LogP) is 19.1. The molecular formula is C69H60. The molecule has 0 aliphatic rings. The van der Waals surface area contributed by atoms with Crippen LogP contribution in [-0.2, 0) is 6.42 Å². The van der Waals surface area contributed by atoms with E-state index in [0.717, 1.165) is 6.42 Å². The summed E-state index contributed by atoms with van der Waals surface area (Å²) in [5.74, 6) is 0. The van der Waals surface area contributed by atoms with Gasteiger partial charge in [-0.1, -0.05) is 214 Å². The lowest BCUT2D eigenvalue weighted by Gasteiger charge is -2.16. The van der Waals surface area contributed by atoms with E-state index in [1.165, 1.54) is 145 Å². The summed E-state index contributed by atoms with van der Waals surface area (Å²) in [4.78, 5) is 0. The smallest absolute Gasteiger partial charge is 0.00249 e. The standard InChI is InChI=1S/C69H60/c1-44-21-45(2)26-62(25-44)54-13-9-17-58(38-54)66-34-52(35-67(42-66)59-18-10-14-55(39-59)63-27-46(3)22-47(4)28-63)33-53-36-68(60-19-11-15-56(40-60)64-29-48(5)23-49(6)30-64)43-69(37-53)61-20-12-16-57(41-61)65-31-50(7)24-51(8)32-65/h9-32,34-43H,33H2,1-8H3. The average molecular weight is 889 g/mol. The van der Waals surface area contributed by atoms with Gasteiger partial charge in [0.15, 0.2) is 0 Å². The predicted molar refractivity (Wildman–Crippen MR) is 297 cm³/mol. The molecule has 0 atom stereocenters. The molecule has 0 aliphatic heterocycles. The van der Waals surface area contributed by atoms with Crippen LogP contribution in [0, 0.1) is 55.4 Å². The van der Waals surface area contributed by atoms with E-state index in [1.807, 2.05) is 0 Å². The first-order valence-electron chi connectivity index (χ1n) is 24.4. The van der Waals surface area contributed by atoms with E-state index in [4.69, 9.17) is 0 Å². The van der Waals surface area contributed by atoms with E-state index in [2.05, 4.69) is 262 Å². The molecule has 0 saturated carbocycles. The summed E-state index contributed by atoms with van der Waals surface area (Å²) in [7, 11) is 0. The first kappa shape index (κ1) is 45.0. The maximum atomic E-state index is 2.42. The van der Waals surface area contributed by atoms with Gasteiger partial charge in [-0.3, -0.25) is 0 Å². The Hall–Kier alpha value is -7.80. The Morgan fingerprint density at radius 3 is 0.522 bits per heavy atom. The van der Waals surface area contributed by atoms with Crippen molar-refractivity contribution in [2.75, 3.05) is 0 Å². The minimum Gasteiger partial charge on any atom is -0.0610 e. The summed E-state index contributed by atoms with van der Waals surface area (Å²) >= 11 is 0.